The molecule has 1 heterocycles. The molecule has 0 aliphatic heterocycles. The lowest BCUT2D eigenvalue weighted by molar-refractivity contribution is 0.385. The van der Waals surface area contributed by atoms with E-state index >= 15 is 0 Å². The van der Waals surface area contributed by atoms with Crippen LogP contribution in [0.3, 0.4) is 0 Å². The number of halogens is 1. The largest absolute Gasteiger partial charge is 0.494 e. The number of aromatic nitrogens is 1. The predicted molar refractivity (Wildman–Crippen MR) is 96.1 cm³/mol. The number of thiazole rings is 1. The third-order valence-electron chi connectivity index (χ3n) is 3.54. The SMILES string of the molecule is CCc1nc(CNC(=NC)N(C)Cc2ccc(OC)c(F)c2)cs1. The van der Waals surface area contributed by atoms with Crippen LogP contribution in [-0.2, 0) is 19.5 Å². The third-order valence-corrected chi connectivity index (χ3v) is 4.58. The van der Waals surface area contributed by atoms with Crippen molar-refractivity contribution >= 4 is 17.3 Å². The van der Waals surface area contributed by atoms with Crippen LogP contribution in [0.2, 0.25) is 0 Å². The van der Waals surface area contributed by atoms with E-state index in [1.54, 1.807) is 24.5 Å². The summed E-state index contributed by atoms with van der Waals surface area (Å²) in [6, 6.07) is 4.96. The number of rotatable bonds is 6. The summed E-state index contributed by atoms with van der Waals surface area (Å²) in [6.07, 6.45) is 0.947. The van der Waals surface area contributed by atoms with E-state index in [1.165, 1.54) is 13.2 Å². The van der Waals surface area contributed by atoms with Crippen LogP contribution >= 0.6 is 11.3 Å². The van der Waals surface area contributed by atoms with E-state index in [9.17, 15) is 4.39 Å². The van der Waals surface area contributed by atoms with E-state index in [-0.39, 0.29) is 11.6 Å². The fourth-order valence-corrected chi connectivity index (χ4v) is 3.05. The van der Waals surface area contributed by atoms with Gasteiger partial charge in [0.05, 0.1) is 24.4 Å². The minimum absolute atomic E-state index is 0.249. The highest BCUT2D eigenvalue weighted by atomic mass is 32.1. The molecular weight excluding hydrogens is 327 g/mol. The van der Waals surface area contributed by atoms with E-state index in [2.05, 4.69) is 27.6 Å². The van der Waals surface area contributed by atoms with Gasteiger partial charge in [0.1, 0.15) is 0 Å². The van der Waals surface area contributed by atoms with Crippen LogP contribution < -0.4 is 10.1 Å². The van der Waals surface area contributed by atoms with Crippen molar-refractivity contribution in [3.63, 3.8) is 0 Å². The minimum atomic E-state index is -0.360. The maximum atomic E-state index is 13.8. The highest BCUT2D eigenvalue weighted by Crippen LogP contribution is 2.18. The molecule has 130 valence electrons. The first-order valence-corrected chi connectivity index (χ1v) is 8.62. The normalized spacial score (nSPS) is 11.5. The first-order valence-electron chi connectivity index (χ1n) is 7.74. The summed E-state index contributed by atoms with van der Waals surface area (Å²) in [5.74, 6) is 0.623. The molecule has 0 radical (unpaired) electrons. The molecule has 0 bridgehead atoms. The number of guanidine groups is 1. The molecule has 2 rings (SSSR count). The maximum Gasteiger partial charge on any atom is 0.194 e. The summed E-state index contributed by atoms with van der Waals surface area (Å²) in [5.41, 5.74) is 1.85. The Morgan fingerprint density at radius 2 is 2.25 bits per heavy atom. The number of aliphatic imine (C=N–C) groups is 1. The molecule has 0 atom stereocenters. The van der Waals surface area contributed by atoms with Crippen LogP contribution in [0.25, 0.3) is 0 Å². The Hall–Kier alpha value is -2.15. The second-order valence-corrected chi connectivity index (χ2v) is 6.25. The van der Waals surface area contributed by atoms with Gasteiger partial charge in [-0.25, -0.2) is 9.37 Å². The topological polar surface area (TPSA) is 49.8 Å². The van der Waals surface area contributed by atoms with Gasteiger partial charge in [0, 0.05) is 26.0 Å². The molecule has 0 aliphatic rings. The average molecular weight is 350 g/mol. The number of ether oxygens (including phenoxy) is 1. The van der Waals surface area contributed by atoms with E-state index in [0.717, 1.165) is 28.6 Å². The molecule has 0 fully saturated rings. The number of nitrogens with zero attached hydrogens (tertiary/aromatic N) is 3. The van der Waals surface area contributed by atoms with Gasteiger partial charge in [-0.15, -0.1) is 11.3 Å². The summed E-state index contributed by atoms with van der Waals surface area (Å²) < 4.78 is 18.7. The first kappa shape index (κ1) is 18.2. The average Bonchev–Trinajstić information content (AvgIpc) is 3.03. The molecule has 0 saturated heterocycles. The summed E-state index contributed by atoms with van der Waals surface area (Å²) >= 11 is 1.67. The Kier molecular flexibility index (Phi) is 6.54. The van der Waals surface area contributed by atoms with Crippen molar-refractivity contribution in [1.82, 2.24) is 15.2 Å². The Morgan fingerprint density at radius 3 is 2.83 bits per heavy atom. The Bertz CT molecular complexity index is 702. The van der Waals surface area contributed by atoms with Crippen molar-refractivity contribution in [1.29, 1.82) is 0 Å². The zero-order valence-electron chi connectivity index (χ0n) is 14.5. The summed E-state index contributed by atoms with van der Waals surface area (Å²) in [7, 11) is 5.10. The minimum Gasteiger partial charge on any atom is -0.494 e. The quantitative estimate of drug-likeness (QED) is 0.643. The monoisotopic (exact) mass is 350 g/mol. The molecule has 0 spiro atoms. The lowest BCUT2D eigenvalue weighted by Crippen LogP contribution is -2.38. The molecule has 0 aliphatic carbocycles. The maximum absolute atomic E-state index is 13.8. The van der Waals surface area contributed by atoms with Crippen molar-refractivity contribution in [2.24, 2.45) is 4.99 Å². The summed E-state index contributed by atoms with van der Waals surface area (Å²) in [6.45, 7) is 3.25. The molecule has 7 heteroatoms. The smallest absolute Gasteiger partial charge is 0.194 e. The predicted octanol–water partition coefficient (Wildman–Crippen LogP) is 3.06. The fourth-order valence-electron chi connectivity index (χ4n) is 2.30. The van der Waals surface area contributed by atoms with Crippen molar-refractivity contribution in [2.45, 2.75) is 26.4 Å². The zero-order valence-corrected chi connectivity index (χ0v) is 15.3. The number of aryl methyl sites for hydroxylation is 1. The second kappa shape index (κ2) is 8.63. The van der Waals surface area contributed by atoms with Gasteiger partial charge in [0.25, 0.3) is 0 Å². The number of hydrogen-bond acceptors (Lipinski definition) is 4. The van der Waals surface area contributed by atoms with Gasteiger partial charge in [0.2, 0.25) is 0 Å². The third kappa shape index (κ3) is 4.67. The van der Waals surface area contributed by atoms with Gasteiger partial charge in [-0.3, -0.25) is 4.99 Å². The highest BCUT2D eigenvalue weighted by molar-refractivity contribution is 7.09. The summed E-state index contributed by atoms with van der Waals surface area (Å²) in [5, 5.41) is 6.46. The second-order valence-electron chi connectivity index (χ2n) is 5.31. The van der Waals surface area contributed by atoms with Gasteiger partial charge >= 0.3 is 0 Å². The molecule has 5 nitrogen and oxygen atoms in total. The first-order chi connectivity index (χ1) is 11.6. The van der Waals surface area contributed by atoms with E-state index < -0.39 is 0 Å². The van der Waals surface area contributed by atoms with Crippen molar-refractivity contribution in [3.05, 3.63) is 45.7 Å². The molecule has 0 saturated carbocycles. The molecule has 0 amide bonds. The lowest BCUT2D eigenvalue weighted by atomic mass is 10.2. The molecule has 24 heavy (non-hydrogen) atoms. The van der Waals surface area contributed by atoms with Crippen molar-refractivity contribution in [3.8, 4) is 5.75 Å². The standard InChI is InChI=1S/C17H23FN4OS/c1-5-16-21-13(11-24-16)9-20-17(19-2)22(3)10-12-6-7-15(23-4)14(18)8-12/h6-8,11H,5,9-10H2,1-4H3,(H,19,20). The van der Waals surface area contributed by atoms with Gasteiger partial charge in [-0.2, -0.15) is 0 Å². The van der Waals surface area contributed by atoms with Crippen molar-refractivity contribution < 1.29 is 9.13 Å². The Labute approximate surface area is 146 Å². The summed E-state index contributed by atoms with van der Waals surface area (Å²) in [4.78, 5) is 10.7. The molecular formula is C17H23FN4OS. The molecule has 1 aromatic heterocycles. The highest BCUT2D eigenvalue weighted by Gasteiger charge is 2.10. The molecule has 2 aromatic rings. The molecule has 1 aromatic carbocycles. The van der Waals surface area contributed by atoms with Gasteiger partial charge in [-0.05, 0) is 24.1 Å². The molecule has 1 N–H and O–H groups in total. The number of benzene rings is 1. The Morgan fingerprint density at radius 1 is 1.46 bits per heavy atom. The number of methoxy groups -OCH3 is 1. The van der Waals surface area contributed by atoms with Crippen LogP contribution in [0, 0.1) is 5.82 Å². The van der Waals surface area contributed by atoms with E-state index in [1.807, 2.05) is 18.0 Å². The van der Waals surface area contributed by atoms with Crippen LogP contribution in [0.5, 0.6) is 5.75 Å². The van der Waals surface area contributed by atoms with Crippen LogP contribution in [-0.4, -0.2) is 37.0 Å². The molecule has 0 unspecified atom stereocenters. The van der Waals surface area contributed by atoms with Gasteiger partial charge in [-0.1, -0.05) is 13.0 Å². The van der Waals surface area contributed by atoms with E-state index in [0.29, 0.717) is 13.1 Å². The number of nitrogens with one attached hydrogen (secondary N) is 1. The van der Waals surface area contributed by atoms with Crippen molar-refractivity contribution in [2.75, 3.05) is 21.2 Å². The van der Waals surface area contributed by atoms with E-state index in [4.69, 9.17) is 4.74 Å². The van der Waals surface area contributed by atoms with Crippen LogP contribution in [0.4, 0.5) is 4.39 Å². The van der Waals surface area contributed by atoms with Crippen LogP contribution in [0.15, 0.2) is 28.6 Å². The zero-order chi connectivity index (χ0) is 17.5. The Balaban J connectivity index is 1.95. The van der Waals surface area contributed by atoms with Crippen LogP contribution in [0.1, 0.15) is 23.2 Å². The van der Waals surface area contributed by atoms with Gasteiger partial charge < -0.3 is 15.0 Å². The fraction of sp³-hybridized carbons (Fsp3) is 0.412. The van der Waals surface area contributed by atoms with Gasteiger partial charge in [0.15, 0.2) is 17.5 Å². The lowest BCUT2D eigenvalue weighted by Gasteiger charge is -2.22. The number of hydrogen-bond donors (Lipinski definition) is 1.